The lowest BCUT2D eigenvalue weighted by Gasteiger charge is -2.14. The number of hydrogen-bond donors (Lipinski definition) is 4. The minimum Gasteiger partial charge on any atom is -0.496 e. The van der Waals surface area contributed by atoms with Crippen LogP contribution in [0.25, 0.3) is 0 Å². The summed E-state index contributed by atoms with van der Waals surface area (Å²) in [5.41, 5.74) is 4.70. The average molecular weight is 542 g/mol. The highest BCUT2D eigenvalue weighted by Crippen LogP contribution is 2.32. The second-order valence-electron chi connectivity index (χ2n) is 8.84. The molecule has 8 nitrogen and oxygen atoms in total. The number of rotatable bonds is 10. The van der Waals surface area contributed by atoms with Gasteiger partial charge in [0.05, 0.1) is 12.0 Å². The van der Waals surface area contributed by atoms with Gasteiger partial charge in [0.25, 0.3) is 5.91 Å². The summed E-state index contributed by atoms with van der Waals surface area (Å²) < 4.78 is 8.76. The maximum Gasteiger partial charge on any atom is 0.323 e. The van der Waals surface area contributed by atoms with E-state index in [1.165, 1.54) is 11.9 Å². The van der Waals surface area contributed by atoms with Gasteiger partial charge in [-0.05, 0) is 78.2 Å². The van der Waals surface area contributed by atoms with E-state index < -0.39 is 0 Å². The molecule has 0 radical (unpaired) electrons. The Morgan fingerprint density at radius 1 is 0.795 bits per heavy atom. The number of urea groups is 1. The molecule has 0 aliphatic rings. The Labute approximate surface area is 232 Å². The summed E-state index contributed by atoms with van der Waals surface area (Å²) in [6, 6.07) is 29.7. The molecule has 4 N–H and O–H groups in total. The molecule has 4 aromatic rings. The number of nitrogens with one attached hydrogen (secondary N) is 4. The third-order valence-electron chi connectivity index (χ3n) is 5.76. The molecule has 0 unspecified atom stereocenters. The number of ether oxygens (including phenoxy) is 1. The molecular formula is C30H31N5O3S. The van der Waals surface area contributed by atoms with Gasteiger partial charge in [0.15, 0.2) is 0 Å². The van der Waals surface area contributed by atoms with Crippen molar-refractivity contribution in [2.24, 2.45) is 0 Å². The Morgan fingerprint density at radius 3 is 2.23 bits per heavy atom. The Kier molecular flexibility index (Phi) is 9.31. The molecule has 0 aliphatic carbocycles. The van der Waals surface area contributed by atoms with Crippen molar-refractivity contribution in [1.29, 1.82) is 0 Å². The summed E-state index contributed by atoms with van der Waals surface area (Å²) in [5, 5.41) is 8.64. The summed E-state index contributed by atoms with van der Waals surface area (Å²) in [4.78, 5) is 28.0. The van der Waals surface area contributed by atoms with Gasteiger partial charge in [-0.25, -0.2) is 4.79 Å². The van der Waals surface area contributed by atoms with E-state index in [1.54, 1.807) is 25.3 Å². The number of carbonyl (C=O) groups excluding carboxylic acids is 2. The van der Waals surface area contributed by atoms with Gasteiger partial charge in [-0.15, -0.1) is 0 Å². The van der Waals surface area contributed by atoms with Crippen molar-refractivity contribution in [2.75, 3.05) is 41.5 Å². The monoisotopic (exact) mass is 541 g/mol. The third kappa shape index (κ3) is 7.93. The van der Waals surface area contributed by atoms with E-state index in [1.807, 2.05) is 97.9 Å². The highest BCUT2D eigenvalue weighted by molar-refractivity contribution is 8.00. The minimum atomic E-state index is -0.340. The fourth-order valence-corrected chi connectivity index (χ4v) is 4.48. The first-order chi connectivity index (χ1) is 18.9. The second-order valence-corrected chi connectivity index (χ2v) is 9.69. The number of hydrogen-bond acceptors (Lipinski definition) is 6. The van der Waals surface area contributed by atoms with E-state index in [4.69, 9.17) is 4.74 Å². The SMILES string of the molecule is COc1ccc(C(=O)NCc2ccccc2)cc1SNc1cccc(NC(=O)Nc2ccc(N(C)C)cc2)c1. The fraction of sp³-hybridized carbons (Fsp3) is 0.133. The lowest BCUT2D eigenvalue weighted by atomic mass is 10.2. The maximum absolute atomic E-state index is 12.7. The minimum absolute atomic E-state index is 0.170. The predicted octanol–water partition coefficient (Wildman–Crippen LogP) is 6.45. The molecule has 4 aromatic carbocycles. The topological polar surface area (TPSA) is 94.7 Å². The summed E-state index contributed by atoms with van der Waals surface area (Å²) in [6.45, 7) is 0.446. The largest absolute Gasteiger partial charge is 0.496 e. The van der Waals surface area contributed by atoms with Gasteiger partial charge in [0, 0.05) is 49.0 Å². The quantitative estimate of drug-likeness (QED) is 0.172. The summed E-state index contributed by atoms with van der Waals surface area (Å²) in [5.74, 6) is 0.470. The number of nitrogens with zero attached hydrogens (tertiary/aromatic N) is 1. The number of methoxy groups -OCH3 is 1. The number of anilines is 4. The molecule has 0 fully saturated rings. The van der Waals surface area contributed by atoms with Crippen molar-refractivity contribution in [1.82, 2.24) is 5.32 Å². The van der Waals surface area contributed by atoms with Crippen molar-refractivity contribution in [3.05, 3.63) is 108 Å². The van der Waals surface area contributed by atoms with Crippen LogP contribution in [0.15, 0.2) is 102 Å². The molecule has 39 heavy (non-hydrogen) atoms. The zero-order valence-corrected chi connectivity index (χ0v) is 22.8. The second kappa shape index (κ2) is 13.3. The molecule has 0 heterocycles. The molecular weight excluding hydrogens is 510 g/mol. The summed E-state index contributed by atoms with van der Waals surface area (Å²) >= 11 is 1.32. The highest BCUT2D eigenvalue weighted by atomic mass is 32.2. The normalized spacial score (nSPS) is 10.3. The van der Waals surface area contributed by atoms with Crippen LogP contribution in [-0.2, 0) is 6.54 Å². The van der Waals surface area contributed by atoms with Gasteiger partial charge in [0.1, 0.15) is 5.75 Å². The third-order valence-corrected chi connectivity index (χ3v) is 6.64. The zero-order valence-electron chi connectivity index (χ0n) is 22.0. The Balaban J connectivity index is 1.36. The molecule has 0 aliphatic heterocycles. The van der Waals surface area contributed by atoms with Crippen molar-refractivity contribution in [3.63, 3.8) is 0 Å². The Morgan fingerprint density at radius 2 is 1.51 bits per heavy atom. The van der Waals surface area contributed by atoms with Gasteiger partial charge >= 0.3 is 6.03 Å². The van der Waals surface area contributed by atoms with Crippen LogP contribution in [0.1, 0.15) is 15.9 Å². The van der Waals surface area contributed by atoms with E-state index in [0.717, 1.165) is 21.8 Å². The lowest BCUT2D eigenvalue weighted by Crippen LogP contribution is -2.22. The van der Waals surface area contributed by atoms with Crippen LogP contribution in [0.2, 0.25) is 0 Å². The summed E-state index contributed by atoms with van der Waals surface area (Å²) in [7, 11) is 5.52. The maximum atomic E-state index is 12.7. The molecule has 9 heteroatoms. The molecule has 0 bridgehead atoms. The Hall–Kier alpha value is -4.63. The molecule has 0 saturated heterocycles. The van der Waals surface area contributed by atoms with Crippen LogP contribution in [-0.4, -0.2) is 33.1 Å². The number of benzene rings is 4. The van der Waals surface area contributed by atoms with Gasteiger partial charge in [-0.2, -0.15) is 0 Å². The number of amides is 3. The van der Waals surface area contributed by atoms with Crippen molar-refractivity contribution in [3.8, 4) is 5.75 Å². The Bertz CT molecular complexity index is 1410. The van der Waals surface area contributed by atoms with E-state index in [-0.39, 0.29) is 11.9 Å². The smallest absolute Gasteiger partial charge is 0.323 e. The standard InChI is InChI=1S/C30H31N5O3S/c1-35(2)26-15-13-23(14-16-26)32-30(37)33-24-10-7-11-25(19-24)34-39-28-18-22(12-17-27(28)38-3)29(36)31-20-21-8-5-4-6-9-21/h4-19,34H,20H2,1-3H3,(H,31,36)(H2,32,33,37). The molecule has 0 saturated carbocycles. The van der Waals surface area contributed by atoms with Gasteiger partial charge in [0.2, 0.25) is 0 Å². The van der Waals surface area contributed by atoms with Gasteiger partial charge in [-0.3, -0.25) is 4.79 Å². The van der Waals surface area contributed by atoms with E-state index in [2.05, 4.69) is 20.7 Å². The number of carbonyl (C=O) groups is 2. The van der Waals surface area contributed by atoms with Crippen LogP contribution in [0, 0.1) is 0 Å². The van der Waals surface area contributed by atoms with Crippen LogP contribution in [0.4, 0.5) is 27.5 Å². The molecule has 3 amide bonds. The van der Waals surface area contributed by atoms with E-state index in [9.17, 15) is 9.59 Å². The molecule has 200 valence electrons. The predicted molar refractivity (Wildman–Crippen MR) is 160 cm³/mol. The highest BCUT2D eigenvalue weighted by Gasteiger charge is 2.12. The van der Waals surface area contributed by atoms with Crippen molar-refractivity contribution in [2.45, 2.75) is 11.4 Å². The van der Waals surface area contributed by atoms with Crippen LogP contribution >= 0.6 is 11.9 Å². The fourth-order valence-electron chi connectivity index (χ4n) is 3.69. The molecule has 0 atom stereocenters. The molecule has 0 spiro atoms. The van der Waals surface area contributed by atoms with E-state index in [0.29, 0.717) is 29.2 Å². The van der Waals surface area contributed by atoms with Gasteiger partial charge in [-0.1, -0.05) is 36.4 Å². The van der Waals surface area contributed by atoms with Crippen LogP contribution in [0.3, 0.4) is 0 Å². The van der Waals surface area contributed by atoms with Gasteiger partial charge < -0.3 is 30.3 Å². The first kappa shape index (κ1) is 27.4. The first-order valence-corrected chi connectivity index (χ1v) is 13.1. The molecule has 4 rings (SSSR count). The first-order valence-electron chi connectivity index (χ1n) is 12.3. The lowest BCUT2D eigenvalue weighted by molar-refractivity contribution is 0.0950. The zero-order chi connectivity index (χ0) is 27.6. The summed E-state index contributed by atoms with van der Waals surface area (Å²) in [6.07, 6.45) is 0. The molecule has 0 aromatic heterocycles. The van der Waals surface area contributed by atoms with E-state index >= 15 is 0 Å². The average Bonchev–Trinajstić information content (AvgIpc) is 2.95. The van der Waals surface area contributed by atoms with Crippen molar-refractivity contribution >= 4 is 46.6 Å². The van der Waals surface area contributed by atoms with Crippen LogP contribution in [0.5, 0.6) is 5.75 Å². The van der Waals surface area contributed by atoms with Crippen LogP contribution < -0.4 is 30.3 Å². The van der Waals surface area contributed by atoms with Crippen molar-refractivity contribution < 1.29 is 14.3 Å².